The molecule has 0 unspecified atom stereocenters. The number of hydrogen-bond donors (Lipinski definition) is 1. The van der Waals surface area contributed by atoms with Gasteiger partial charge in [0, 0.05) is 53.4 Å². The average Bonchev–Trinajstić information content (AvgIpc) is 3.33. The lowest BCUT2D eigenvalue weighted by molar-refractivity contribution is 0.0956. The normalized spacial score (nSPS) is 11.5. The van der Waals surface area contributed by atoms with Crippen molar-refractivity contribution in [3.8, 4) is 0 Å². The number of aromatic nitrogens is 2. The van der Waals surface area contributed by atoms with Crippen molar-refractivity contribution in [2.75, 3.05) is 0 Å². The van der Waals surface area contributed by atoms with Crippen molar-refractivity contribution >= 4 is 33.9 Å². The second kappa shape index (κ2) is 7.95. The van der Waals surface area contributed by atoms with Crippen LogP contribution >= 0.6 is 0 Å². The van der Waals surface area contributed by atoms with E-state index >= 15 is 0 Å². The number of hydrazone groups is 1. The third kappa shape index (κ3) is 3.62. The summed E-state index contributed by atoms with van der Waals surface area (Å²) in [6.45, 7) is 0.775. The van der Waals surface area contributed by atoms with Crippen LogP contribution in [0.2, 0.25) is 0 Å². The molecule has 5 rings (SSSR count). The number of aryl methyl sites for hydroxylation is 1. The molecule has 0 aliphatic heterocycles. The van der Waals surface area contributed by atoms with E-state index in [1.165, 1.54) is 5.56 Å². The molecule has 0 aliphatic rings. The van der Waals surface area contributed by atoms with Gasteiger partial charge in [-0.3, -0.25) is 4.79 Å². The third-order valence-corrected chi connectivity index (χ3v) is 5.53. The topological polar surface area (TPSA) is 51.3 Å². The van der Waals surface area contributed by atoms with Crippen molar-refractivity contribution in [2.45, 2.75) is 6.54 Å². The number of fused-ring (bicyclic) bond motifs is 2. The van der Waals surface area contributed by atoms with Gasteiger partial charge in [0.15, 0.2) is 0 Å². The van der Waals surface area contributed by atoms with Crippen LogP contribution in [0.5, 0.6) is 0 Å². The zero-order valence-electron chi connectivity index (χ0n) is 17.2. The van der Waals surface area contributed by atoms with E-state index in [0.717, 1.165) is 33.9 Å². The van der Waals surface area contributed by atoms with Crippen molar-refractivity contribution in [3.05, 3.63) is 108 Å². The highest BCUT2D eigenvalue weighted by atomic mass is 16.2. The lowest BCUT2D eigenvalue weighted by Gasteiger charge is -2.05. The smallest absolute Gasteiger partial charge is 0.273 e. The molecule has 0 aliphatic carbocycles. The molecule has 0 saturated carbocycles. The van der Waals surface area contributed by atoms with E-state index in [0.29, 0.717) is 5.56 Å². The van der Waals surface area contributed by atoms with Gasteiger partial charge in [-0.05, 0) is 17.7 Å². The quantitative estimate of drug-likeness (QED) is 0.326. The molecule has 0 atom stereocenters. The molecule has 2 aromatic heterocycles. The largest absolute Gasteiger partial charge is 0.350 e. The van der Waals surface area contributed by atoms with Crippen LogP contribution in [-0.4, -0.2) is 21.3 Å². The maximum absolute atomic E-state index is 12.7. The monoisotopic (exact) mass is 406 g/mol. The summed E-state index contributed by atoms with van der Waals surface area (Å²) in [7, 11) is 1.93. The van der Waals surface area contributed by atoms with Crippen LogP contribution in [-0.2, 0) is 13.6 Å². The van der Waals surface area contributed by atoms with E-state index in [1.807, 2.05) is 72.4 Å². The summed E-state index contributed by atoms with van der Waals surface area (Å²) in [5.41, 5.74) is 7.64. The van der Waals surface area contributed by atoms with Gasteiger partial charge in [0.2, 0.25) is 0 Å². The lowest BCUT2D eigenvalue weighted by atomic mass is 10.2. The second-order valence-corrected chi connectivity index (χ2v) is 7.59. The highest BCUT2D eigenvalue weighted by molar-refractivity contribution is 6.07. The SMILES string of the molecule is Cn1cc(C(=O)N/N=C/c2cn(Cc3ccccc3)c3ccccc23)c2ccccc21. The molecule has 0 fully saturated rings. The minimum atomic E-state index is -0.221. The first kappa shape index (κ1) is 18.9. The van der Waals surface area contributed by atoms with Crippen molar-refractivity contribution in [1.82, 2.24) is 14.6 Å². The van der Waals surface area contributed by atoms with Crippen molar-refractivity contribution < 1.29 is 4.79 Å². The number of amides is 1. The summed E-state index contributed by atoms with van der Waals surface area (Å²) in [5, 5.41) is 6.27. The number of benzene rings is 3. The van der Waals surface area contributed by atoms with Crippen LogP contribution in [0.25, 0.3) is 21.8 Å². The molecule has 152 valence electrons. The molecule has 5 heteroatoms. The van der Waals surface area contributed by atoms with Crippen LogP contribution in [0.15, 0.2) is 96.4 Å². The average molecular weight is 406 g/mol. The Morgan fingerprint density at radius 1 is 0.871 bits per heavy atom. The molecule has 0 bridgehead atoms. The number of hydrogen-bond acceptors (Lipinski definition) is 2. The number of rotatable bonds is 5. The van der Waals surface area contributed by atoms with Gasteiger partial charge < -0.3 is 9.13 Å². The molecule has 5 aromatic rings. The minimum Gasteiger partial charge on any atom is -0.350 e. The zero-order valence-corrected chi connectivity index (χ0v) is 17.2. The number of carbonyl (C=O) groups is 1. The van der Waals surface area contributed by atoms with Gasteiger partial charge in [0.25, 0.3) is 5.91 Å². The molecule has 1 N–H and O–H groups in total. The highest BCUT2D eigenvalue weighted by Gasteiger charge is 2.13. The molecule has 0 radical (unpaired) electrons. The molecule has 5 nitrogen and oxygen atoms in total. The van der Waals surface area contributed by atoms with Crippen LogP contribution in [0, 0.1) is 0 Å². The van der Waals surface area contributed by atoms with E-state index in [2.05, 4.69) is 45.6 Å². The fraction of sp³-hybridized carbons (Fsp3) is 0.0769. The standard InChI is InChI=1S/C26H22N4O/c1-29-18-23(22-12-6-7-13-24(22)29)26(31)28-27-15-20-17-30(16-19-9-3-2-4-10-19)25-14-8-5-11-21(20)25/h2-15,17-18H,16H2,1H3,(H,28,31)/b27-15+. The summed E-state index contributed by atoms with van der Waals surface area (Å²) in [6.07, 6.45) is 5.62. The van der Waals surface area contributed by atoms with Crippen LogP contribution < -0.4 is 5.43 Å². The second-order valence-electron chi connectivity index (χ2n) is 7.59. The van der Waals surface area contributed by atoms with E-state index in [4.69, 9.17) is 0 Å². The summed E-state index contributed by atoms with van der Waals surface area (Å²) in [4.78, 5) is 12.7. The maximum Gasteiger partial charge on any atom is 0.273 e. The molecule has 3 aromatic carbocycles. The highest BCUT2D eigenvalue weighted by Crippen LogP contribution is 2.22. The Bertz CT molecular complexity index is 1410. The predicted octanol–water partition coefficient (Wildman–Crippen LogP) is 4.95. The van der Waals surface area contributed by atoms with Gasteiger partial charge in [-0.25, -0.2) is 5.43 Å². The molecule has 0 saturated heterocycles. The first-order chi connectivity index (χ1) is 15.2. The van der Waals surface area contributed by atoms with Gasteiger partial charge in [0.1, 0.15) is 0 Å². The number of nitrogens with zero attached hydrogens (tertiary/aromatic N) is 3. The number of carbonyl (C=O) groups excluding carboxylic acids is 1. The molecule has 2 heterocycles. The van der Waals surface area contributed by atoms with E-state index in [1.54, 1.807) is 6.21 Å². The summed E-state index contributed by atoms with van der Waals surface area (Å²) in [6, 6.07) is 26.4. The molecular weight excluding hydrogens is 384 g/mol. The van der Waals surface area contributed by atoms with E-state index < -0.39 is 0 Å². The van der Waals surface area contributed by atoms with Gasteiger partial charge in [-0.2, -0.15) is 5.10 Å². The van der Waals surface area contributed by atoms with Crippen LogP contribution in [0.3, 0.4) is 0 Å². The minimum absolute atomic E-state index is 0.221. The molecule has 1 amide bonds. The Morgan fingerprint density at radius 2 is 1.55 bits per heavy atom. The lowest BCUT2D eigenvalue weighted by Crippen LogP contribution is -2.17. The van der Waals surface area contributed by atoms with Crippen molar-refractivity contribution in [3.63, 3.8) is 0 Å². The molecular formula is C26H22N4O. The van der Waals surface area contributed by atoms with Gasteiger partial charge >= 0.3 is 0 Å². The van der Waals surface area contributed by atoms with Crippen molar-refractivity contribution in [2.24, 2.45) is 12.1 Å². The Morgan fingerprint density at radius 3 is 2.35 bits per heavy atom. The Balaban J connectivity index is 1.40. The molecule has 31 heavy (non-hydrogen) atoms. The van der Waals surface area contributed by atoms with Gasteiger partial charge in [0.05, 0.1) is 11.8 Å². The number of nitrogens with one attached hydrogen (secondary N) is 1. The predicted molar refractivity (Wildman–Crippen MR) is 125 cm³/mol. The van der Waals surface area contributed by atoms with E-state index in [9.17, 15) is 4.79 Å². The Kier molecular flexibility index (Phi) is 4.84. The third-order valence-electron chi connectivity index (χ3n) is 5.53. The Hall–Kier alpha value is -4.12. The maximum atomic E-state index is 12.7. The summed E-state index contributed by atoms with van der Waals surface area (Å²) in [5.74, 6) is -0.221. The number of para-hydroxylation sites is 2. The fourth-order valence-corrected chi connectivity index (χ4v) is 4.03. The fourth-order valence-electron chi connectivity index (χ4n) is 4.03. The first-order valence-corrected chi connectivity index (χ1v) is 10.2. The van der Waals surface area contributed by atoms with E-state index in [-0.39, 0.29) is 5.91 Å². The Labute approximate surface area is 180 Å². The van der Waals surface area contributed by atoms with Crippen molar-refractivity contribution in [1.29, 1.82) is 0 Å². The summed E-state index contributed by atoms with van der Waals surface area (Å²) >= 11 is 0. The molecule has 0 spiro atoms. The zero-order chi connectivity index (χ0) is 21.2. The first-order valence-electron chi connectivity index (χ1n) is 10.2. The van der Waals surface area contributed by atoms with Gasteiger partial charge in [-0.15, -0.1) is 0 Å². The van der Waals surface area contributed by atoms with Crippen LogP contribution in [0.4, 0.5) is 0 Å². The van der Waals surface area contributed by atoms with Gasteiger partial charge in [-0.1, -0.05) is 66.7 Å². The van der Waals surface area contributed by atoms with Crippen LogP contribution in [0.1, 0.15) is 21.5 Å². The summed E-state index contributed by atoms with van der Waals surface area (Å²) < 4.78 is 4.16.